The Morgan fingerprint density at radius 2 is 1.86 bits per heavy atom. The largest absolute Gasteiger partial charge is 0.416 e. The number of carbonyl (C=O) groups excluding carboxylic acids is 2. The molecule has 1 aromatic heterocycles. The second kappa shape index (κ2) is 14.3. The number of β-amino-alcohol motifs (C(OH)–C–C–N with tert-alkyl or cyclic N) is 1. The highest BCUT2D eigenvalue weighted by Crippen LogP contribution is 2.36. The number of aliphatic hydroxyl groups excluding tert-OH is 2. The molecule has 1 atom stereocenters. The van der Waals surface area contributed by atoms with Gasteiger partial charge in [-0.1, -0.05) is 32.1 Å². The molecule has 0 radical (unpaired) electrons. The van der Waals surface area contributed by atoms with Crippen LogP contribution in [0.4, 0.5) is 13.2 Å². The fourth-order valence-electron chi connectivity index (χ4n) is 6.15. The lowest BCUT2D eigenvalue weighted by Crippen LogP contribution is -2.41. The van der Waals surface area contributed by atoms with Crippen molar-refractivity contribution in [2.45, 2.75) is 78.4 Å². The van der Waals surface area contributed by atoms with Crippen molar-refractivity contribution < 1.29 is 33.0 Å². The van der Waals surface area contributed by atoms with E-state index in [9.17, 15) is 33.0 Å². The Morgan fingerprint density at radius 3 is 2.48 bits per heavy atom. The molecule has 4 rings (SSSR count). The van der Waals surface area contributed by atoms with E-state index in [1.165, 1.54) is 22.6 Å². The van der Waals surface area contributed by atoms with Gasteiger partial charge in [0.2, 0.25) is 11.8 Å². The van der Waals surface area contributed by atoms with E-state index in [-0.39, 0.29) is 43.4 Å². The first kappa shape index (κ1) is 33.7. The van der Waals surface area contributed by atoms with Gasteiger partial charge >= 0.3 is 6.18 Å². The number of carbonyl (C=O) groups is 2. The number of halogens is 3. The summed E-state index contributed by atoms with van der Waals surface area (Å²) in [6.45, 7) is 11.7. The van der Waals surface area contributed by atoms with Crippen LogP contribution in [-0.4, -0.2) is 80.5 Å². The Kier molecular flexibility index (Phi) is 10.9. The minimum absolute atomic E-state index is 0.0574. The van der Waals surface area contributed by atoms with Gasteiger partial charge in [-0.05, 0) is 62.4 Å². The number of hydrogen-bond acceptors (Lipinski definition) is 6. The maximum atomic E-state index is 13.9. The van der Waals surface area contributed by atoms with Crippen LogP contribution >= 0.6 is 0 Å². The smallest absolute Gasteiger partial charge is 0.390 e. The lowest BCUT2D eigenvalue weighted by molar-refractivity contribution is -0.138. The molecule has 242 valence electrons. The Balaban J connectivity index is 1.63. The number of benzene rings is 1. The molecule has 2 amide bonds. The number of aliphatic hydroxyl groups is 2. The highest BCUT2D eigenvalue weighted by Gasteiger charge is 2.35. The molecule has 2 aromatic rings. The maximum absolute atomic E-state index is 13.9. The van der Waals surface area contributed by atoms with Crippen molar-refractivity contribution in [3.05, 3.63) is 52.7 Å². The predicted molar refractivity (Wildman–Crippen MR) is 160 cm³/mol. The van der Waals surface area contributed by atoms with Gasteiger partial charge in [-0.15, -0.1) is 0 Å². The highest BCUT2D eigenvalue weighted by molar-refractivity contribution is 5.78. The number of likely N-dealkylation sites (tertiary alicyclic amines) is 1. The van der Waals surface area contributed by atoms with Crippen LogP contribution in [-0.2, 0) is 41.8 Å². The van der Waals surface area contributed by atoms with E-state index < -0.39 is 30.4 Å². The zero-order valence-corrected chi connectivity index (χ0v) is 25.8. The molecule has 0 spiro atoms. The third kappa shape index (κ3) is 8.28. The summed E-state index contributed by atoms with van der Waals surface area (Å²) < 4.78 is 43.5. The SMILES string of the molecule is C=C(C)C1CCN(CC(O)Cn2nc(-c3ccc(C(F)(F)F)c(CNC(=O)CC(C)C)c3)c3c2CCN(C(=O)CO)C3)CC1. The molecule has 9 nitrogen and oxygen atoms in total. The number of piperidine rings is 1. The van der Waals surface area contributed by atoms with Crippen molar-refractivity contribution in [1.29, 1.82) is 0 Å². The van der Waals surface area contributed by atoms with Crippen LogP contribution in [0.2, 0.25) is 0 Å². The number of alkyl halides is 3. The first-order valence-corrected chi connectivity index (χ1v) is 15.3. The van der Waals surface area contributed by atoms with Gasteiger partial charge < -0.3 is 25.3 Å². The topological polar surface area (TPSA) is 111 Å². The van der Waals surface area contributed by atoms with E-state index in [1.54, 1.807) is 4.68 Å². The van der Waals surface area contributed by atoms with Crippen molar-refractivity contribution in [1.82, 2.24) is 24.9 Å². The third-order valence-corrected chi connectivity index (χ3v) is 8.51. The molecule has 2 aliphatic rings. The summed E-state index contributed by atoms with van der Waals surface area (Å²) >= 11 is 0. The average Bonchev–Trinajstić information content (AvgIpc) is 3.32. The van der Waals surface area contributed by atoms with Crippen LogP contribution in [0.25, 0.3) is 11.3 Å². The molecule has 3 heterocycles. The predicted octanol–water partition coefficient (Wildman–Crippen LogP) is 3.76. The number of nitrogens with zero attached hydrogens (tertiary/aromatic N) is 4. The van der Waals surface area contributed by atoms with Gasteiger partial charge in [0, 0.05) is 55.8 Å². The Morgan fingerprint density at radius 1 is 1.16 bits per heavy atom. The Bertz CT molecular complexity index is 1350. The second-order valence-corrected chi connectivity index (χ2v) is 12.5. The summed E-state index contributed by atoms with van der Waals surface area (Å²) in [6, 6.07) is 3.73. The molecule has 1 saturated heterocycles. The van der Waals surface area contributed by atoms with Crippen LogP contribution in [0.5, 0.6) is 0 Å². The van der Waals surface area contributed by atoms with Gasteiger partial charge in [-0.3, -0.25) is 14.3 Å². The molecular formula is C32H44F3N5O4. The van der Waals surface area contributed by atoms with Crippen molar-refractivity contribution in [3.8, 4) is 11.3 Å². The van der Waals surface area contributed by atoms with E-state index >= 15 is 0 Å². The van der Waals surface area contributed by atoms with Gasteiger partial charge in [0.25, 0.3) is 0 Å². The number of nitrogens with one attached hydrogen (secondary N) is 1. The summed E-state index contributed by atoms with van der Waals surface area (Å²) in [5, 5.41) is 27.9. The first-order chi connectivity index (χ1) is 20.8. The number of amides is 2. The molecule has 1 unspecified atom stereocenters. The minimum atomic E-state index is -4.62. The number of fused-ring (bicyclic) bond motifs is 1. The lowest BCUT2D eigenvalue weighted by Gasteiger charge is -2.33. The molecule has 44 heavy (non-hydrogen) atoms. The maximum Gasteiger partial charge on any atom is 0.416 e. The number of aromatic nitrogens is 2. The Hall–Kier alpha value is -3.22. The standard InChI is InChI=1S/C32H44F3N5O4/c1-20(2)13-29(43)36-15-24-14-23(5-6-27(24)32(33,34)35)31-26-18-39(30(44)19-41)12-9-28(26)40(37-31)17-25(42)16-38-10-7-22(8-11-38)21(3)4/h5-6,14,20,22,25,41-42H,3,7-13,15-19H2,1-2,4H3,(H,36,43). The minimum Gasteiger partial charge on any atom is -0.390 e. The van der Waals surface area contributed by atoms with E-state index in [0.717, 1.165) is 37.7 Å². The zero-order valence-electron chi connectivity index (χ0n) is 25.8. The zero-order chi connectivity index (χ0) is 32.2. The van der Waals surface area contributed by atoms with Gasteiger partial charge in [-0.2, -0.15) is 18.3 Å². The van der Waals surface area contributed by atoms with Crippen LogP contribution < -0.4 is 5.32 Å². The fraction of sp³-hybridized carbons (Fsp3) is 0.594. The van der Waals surface area contributed by atoms with Gasteiger partial charge in [0.15, 0.2) is 0 Å². The normalized spacial score (nSPS) is 17.1. The number of rotatable bonds is 11. The molecule has 1 aromatic carbocycles. The van der Waals surface area contributed by atoms with Crippen LogP contribution in [0.15, 0.2) is 30.4 Å². The van der Waals surface area contributed by atoms with E-state index in [4.69, 9.17) is 5.10 Å². The van der Waals surface area contributed by atoms with E-state index in [0.29, 0.717) is 42.2 Å². The summed E-state index contributed by atoms with van der Waals surface area (Å²) in [7, 11) is 0. The van der Waals surface area contributed by atoms with E-state index in [2.05, 4.69) is 16.8 Å². The summed E-state index contributed by atoms with van der Waals surface area (Å²) in [4.78, 5) is 28.3. The fourth-order valence-corrected chi connectivity index (χ4v) is 6.15. The van der Waals surface area contributed by atoms with Crippen LogP contribution in [0, 0.1) is 11.8 Å². The molecule has 0 bridgehead atoms. The summed E-state index contributed by atoms with van der Waals surface area (Å²) in [6.07, 6.45) is -2.75. The van der Waals surface area contributed by atoms with Crippen molar-refractivity contribution in [2.75, 3.05) is 32.8 Å². The second-order valence-electron chi connectivity index (χ2n) is 12.5. The first-order valence-electron chi connectivity index (χ1n) is 15.3. The van der Waals surface area contributed by atoms with Gasteiger partial charge in [0.1, 0.15) is 6.61 Å². The molecule has 0 aliphatic carbocycles. The number of allylic oxidation sites excluding steroid dienone is 1. The summed E-state index contributed by atoms with van der Waals surface area (Å²) in [5.41, 5.74) is 2.54. The molecule has 12 heteroatoms. The molecule has 2 aliphatic heterocycles. The number of hydrogen-bond donors (Lipinski definition) is 3. The lowest BCUT2D eigenvalue weighted by atomic mass is 9.91. The quantitative estimate of drug-likeness (QED) is 0.331. The molecule has 3 N–H and O–H groups in total. The van der Waals surface area contributed by atoms with E-state index in [1.807, 2.05) is 20.8 Å². The average molecular weight is 620 g/mol. The van der Waals surface area contributed by atoms with Crippen molar-refractivity contribution in [2.24, 2.45) is 11.8 Å². The van der Waals surface area contributed by atoms with Crippen LogP contribution in [0.1, 0.15) is 62.4 Å². The van der Waals surface area contributed by atoms with Gasteiger partial charge in [0.05, 0.1) is 23.9 Å². The van der Waals surface area contributed by atoms with Crippen LogP contribution in [0.3, 0.4) is 0 Å². The summed E-state index contributed by atoms with van der Waals surface area (Å²) in [5.74, 6) is -0.238. The molecular weight excluding hydrogens is 575 g/mol. The highest BCUT2D eigenvalue weighted by atomic mass is 19.4. The third-order valence-electron chi connectivity index (χ3n) is 8.51. The van der Waals surface area contributed by atoms with Gasteiger partial charge in [-0.25, -0.2) is 0 Å². The van der Waals surface area contributed by atoms with Crippen molar-refractivity contribution >= 4 is 11.8 Å². The molecule has 1 fully saturated rings. The molecule has 0 saturated carbocycles. The van der Waals surface area contributed by atoms with Crippen molar-refractivity contribution in [3.63, 3.8) is 0 Å². The monoisotopic (exact) mass is 619 g/mol. The Labute approximate surface area is 256 Å².